The molecule has 2 aliphatic heterocycles. The van der Waals surface area contributed by atoms with E-state index >= 15 is 0 Å². The molecule has 8 nitrogen and oxygen atoms in total. The number of benzene rings is 1. The Morgan fingerprint density at radius 2 is 1.81 bits per heavy atom. The van der Waals surface area contributed by atoms with Crippen molar-refractivity contribution in [2.75, 3.05) is 18.5 Å². The van der Waals surface area contributed by atoms with Crippen LogP contribution >= 0.6 is 0 Å². The zero-order valence-electron chi connectivity index (χ0n) is 18.8. The second kappa shape index (κ2) is 8.65. The number of ether oxygens (including phenoxy) is 1. The van der Waals surface area contributed by atoms with Gasteiger partial charge in [-0.05, 0) is 42.5 Å². The van der Waals surface area contributed by atoms with Crippen molar-refractivity contribution >= 4 is 29.2 Å². The van der Waals surface area contributed by atoms with Crippen molar-refractivity contribution in [3.8, 4) is 0 Å². The molecule has 172 valence electrons. The molecule has 8 heteroatoms. The first-order valence-corrected chi connectivity index (χ1v) is 11.3. The predicted octanol–water partition coefficient (Wildman–Crippen LogP) is 2.14. The second-order valence-corrected chi connectivity index (χ2v) is 9.68. The highest BCUT2D eigenvalue weighted by Crippen LogP contribution is 2.42. The molecule has 3 amide bonds. The first-order chi connectivity index (χ1) is 15.2. The van der Waals surface area contributed by atoms with E-state index in [-0.39, 0.29) is 47.5 Å². The molecule has 0 spiro atoms. The van der Waals surface area contributed by atoms with E-state index in [1.54, 1.807) is 29.2 Å². The van der Waals surface area contributed by atoms with Gasteiger partial charge in [0.05, 0.1) is 6.10 Å². The summed E-state index contributed by atoms with van der Waals surface area (Å²) < 4.78 is 5.64. The first kappa shape index (κ1) is 22.5. The van der Waals surface area contributed by atoms with Gasteiger partial charge in [0, 0.05) is 30.6 Å². The van der Waals surface area contributed by atoms with Crippen molar-refractivity contribution in [2.45, 2.75) is 64.6 Å². The minimum Gasteiger partial charge on any atom is -0.367 e. The number of hydrogen-bond donors (Lipinski definition) is 2. The van der Waals surface area contributed by atoms with Crippen LogP contribution < -0.4 is 10.6 Å². The number of nitrogens with one attached hydrogen (secondary N) is 2. The Bertz CT molecular complexity index is 922. The topological polar surface area (TPSA) is 105 Å². The second-order valence-electron chi connectivity index (χ2n) is 9.68. The quantitative estimate of drug-likeness (QED) is 0.728. The SMILES string of the molecule is CC(=O)Nc1ccc(C(=O)NC(C(=O)N2CC(C)[C@H]3OCC(=O)[C@H]32)C2(C)CCCC2)cc1. The first-order valence-electron chi connectivity index (χ1n) is 11.3. The fourth-order valence-corrected chi connectivity index (χ4v) is 5.41. The number of fused-ring (bicyclic) bond motifs is 1. The molecular formula is C24H31N3O5. The summed E-state index contributed by atoms with van der Waals surface area (Å²) in [5, 5.41) is 5.66. The lowest BCUT2D eigenvalue weighted by Gasteiger charge is -2.37. The summed E-state index contributed by atoms with van der Waals surface area (Å²) in [5.74, 6) is -0.725. The molecule has 4 atom stereocenters. The normalized spacial score (nSPS) is 27.2. The summed E-state index contributed by atoms with van der Waals surface area (Å²) in [5.41, 5.74) is 0.639. The smallest absolute Gasteiger partial charge is 0.251 e. The summed E-state index contributed by atoms with van der Waals surface area (Å²) >= 11 is 0. The molecule has 0 aromatic heterocycles. The molecule has 3 fully saturated rings. The van der Waals surface area contributed by atoms with Gasteiger partial charge in [0.25, 0.3) is 5.91 Å². The highest BCUT2D eigenvalue weighted by atomic mass is 16.5. The molecule has 1 aromatic rings. The predicted molar refractivity (Wildman–Crippen MR) is 118 cm³/mol. The molecule has 2 N–H and O–H groups in total. The van der Waals surface area contributed by atoms with Crippen LogP contribution in [0.3, 0.4) is 0 Å². The van der Waals surface area contributed by atoms with Gasteiger partial charge >= 0.3 is 0 Å². The van der Waals surface area contributed by atoms with Crippen LogP contribution in [0.25, 0.3) is 0 Å². The summed E-state index contributed by atoms with van der Waals surface area (Å²) in [7, 11) is 0. The molecular weight excluding hydrogens is 410 g/mol. The number of Topliss-reactive ketones (excluding diaryl/α,β-unsaturated/α-hetero) is 1. The van der Waals surface area contributed by atoms with Crippen LogP contribution in [0, 0.1) is 11.3 Å². The summed E-state index contributed by atoms with van der Waals surface area (Å²) in [6.45, 7) is 5.95. The Balaban J connectivity index is 1.56. The zero-order valence-corrected chi connectivity index (χ0v) is 18.8. The van der Waals surface area contributed by atoms with Gasteiger partial charge < -0.3 is 20.3 Å². The Labute approximate surface area is 188 Å². The van der Waals surface area contributed by atoms with Gasteiger partial charge in [-0.2, -0.15) is 0 Å². The number of hydrogen-bond acceptors (Lipinski definition) is 5. The number of ketones is 1. The molecule has 32 heavy (non-hydrogen) atoms. The van der Waals surface area contributed by atoms with E-state index in [9.17, 15) is 19.2 Å². The lowest BCUT2D eigenvalue weighted by atomic mass is 9.79. The van der Waals surface area contributed by atoms with E-state index in [1.165, 1.54) is 6.92 Å². The molecule has 1 saturated carbocycles. The maximum absolute atomic E-state index is 13.8. The maximum Gasteiger partial charge on any atom is 0.251 e. The fraction of sp³-hybridized carbons (Fsp3) is 0.583. The molecule has 0 bridgehead atoms. The molecule has 1 aliphatic carbocycles. The van der Waals surface area contributed by atoms with E-state index in [4.69, 9.17) is 4.74 Å². The van der Waals surface area contributed by atoms with Gasteiger partial charge in [0.15, 0.2) is 5.78 Å². The van der Waals surface area contributed by atoms with Crippen molar-refractivity contribution < 1.29 is 23.9 Å². The third-order valence-corrected chi connectivity index (χ3v) is 7.16. The van der Waals surface area contributed by atoms with Gasteiger partial charge in [-0.3, -0.25) is 19.2 Å². The van der Waals surface area contributed by atoms with E-state index in [0.29, 0.717) is 17.8 Å². The van der Waals surface area contributed by atoms with Crippen LogP contribution in [0.5, 0.6) is 0 Å². The van der Waals surface area contributed by atoms with Crippen LogP contribution in [0.2, 0.25) is 0 Å². The van der Waals surface area contributed by atoms with Crippen LogP contribution in [0.4, 0.5) is 5.69 Å². The Hall–Kier alpha value is -2.74. The minimum atomic E-state index is -0.716. The average molecular weight is 442 g/mol. The molecule has 2 unspecified atom stereocenters. The maximum atomic E-state index is 13.8. The van der Waals surface area contributed by atoms with Crippen molar-refractivity contribution in [3.63, 3.8) is 0 Å². The number of anilines is 1. The molecule has 2 saturated heterocycles. The number of amides is 3. The van der Waals surface area contributed by atoms with Crippen molar-refractivity contribution in [1.82, 2.24) is 10.2 Å². The van der Waals surface area contributed by atoms with Gasteiger partial charge in [0.2, 0.25) is 11.8 Å². The lowest BCUT2D eigenvalue weighted by Crippen LogP contribution is -2.57. The molecule has 0 radical (unpaired) electrons. The van der Waals surface area contributed by atoms with Crippen LogP contribution in [-0.4, -0.2) is 59.7 Å². The highest BCUT2D eigenvalue weighted by Gasteiger charge is 2.54. The third-order valence-electron chi connectivity index (χ3n) is 7.16. The van der Waals surface area contributed by atoms with Crippen molar-refractivity contribution in [1.29, 1.82) is 0 Å². The summed E-state index contributed by atoms with van der Waals surface area (Å²) in [4.78, 5) is 52.2. The van der Waals surface area contributed by atoms with Crippen LogP contribution in [-0.2, 0) is 19.1 Å². The van der Waals surface area contributed by atoms with Crippen molar-refractivity contribution in [3.05, 3.63) is 29.8 Å². The third kappa shape index (κ3) is 4.16. The summed E-state index contributed by atoms with van der Waals surface area (Å²) in [6, 6.07) is 5.30. The Morgan fingerprint density at radius 1 is 1.16 bits per heavy atom. The van der Waals surface area contributed by atoms with Gasteiger partial charge in [-0.15, -0.1) is 0 Å². The van der Waals surface area contributed by atoms with E-state index in [2.05, 4.69) is 10.6 Å². The zero-order chi connectivity index (χ0) is 23.0. The molecule has 1 aromatic carbocycles. The fourth-order valence-electron chi connectivity index (χ4n) is 5.41. The Morgan fingerprint density at radius 3 is 2.44 bits per heavy atom. The molecule has 4 rings (SSSR count). The van der Waals surface area contributed by atoms with Gasteiger partial charge in [0.1, 0.15) is 18.7 Å². The number of carbonyl (C=O) groups is 4. The molecule has 3 aliphatic rings. The van der Waals surface area contributed by atoms with Gasteiger partial charge in [-0.1, -0.05) is 26.7 Å². The highest BCUT2D eigenvalue weighted by molar-refractivity contribution is 6.00. The summed E-state index contributed by atoms with van der Waals surface area (Å²) in [6.07, 6.45) is 3.43. The van der Waals surface area contributed by atoms with E-state index in [0.717, 1.165) is 25.7 Å². The standard InChI is InChI=1S/C24H31N3O5/c1-14-12-27(19-18(29)13-32-20(14)19)23(31)21(24(3)10-4-5-11-24)26-22(30)16-6-8-17(9-7-16)25-15(2)28/h6-9,14,19-21H,4-5,10-13H2,1-3H3,(H,25,28)(H,26,30)/t14?,19-,20-,21?/m1/s1. The number of likely N-dealkylation sites (tertiary alicyclic amines) is 1. The molecule has 2 heterocycles. The van der Waals surface area contributed by atoms with Crippen LogP contribution in [0.1, 0.15) is 56.8 Å². The monoisotopic (exact) mass is 441 g/mol. The van der Waals surface area contributed by atoms with Crippen molar-refractivity contribution in [2.24, 2.45) is 11.3 Å². The van der Waals surface area contributed by atoms with Crippen LogP contribution in [0.15, 0.2) is 24.3 Å². The van der Waals surface area contributed by atoms with E-state index < -0.39 is 12.1 Å². The van der Waals surface area contributed by atoms with Gasteiger partial charge in [-0.25, -0.2) is 0 Å². The lowest BCUT2D eigenvalue weighted by molar-refractivity contribution is -0.140. The Kier molecular flexibility index (Phi) is 6.07. The van der Waals surface area contributed by atoms with E-state index in [1.807, 2.05) is 13.8 Å². The average Bonchev–Trinajstić information content (AvgIpc) is 3.44. The number of rotatable bonds is 5. The largest absolute Gasteiger partial charge is 0.367 e. The minimum absolute atomic E-state index is 0.0401. The number of nitrogens with zero attached hydrogens (tertiary/aromatic N) is 1. The number of carbonyl (C=O) groups excluding carboxylic acids is 4.